The van der Waals surface area contributed by atoms with Gasteiger partial charge in [0.05, 0.1) is 52.3 Å². The molecule has 9 heteroatoms. The molecule has 0 fully saturated rings. The molecule has 1 N–H and O–H groups in total. The SMILES string of the molecule is Cc1nc(C)c(C(=O)C2=C([O-])C(=O)N(CCC[NH+](C)C)C2c2ccc(Cl)c(Cl)c2)s1. The van der Waals surface area contributed by atoms with Gasteiger partial charge in [-0.1, -0.05) is 29.3 Å². The molecule has 160 valence electrons. The summed E-state index contributed by atoms with van der Waals surface area (Å²) in [4.78, 5) is 33.6. The Labute approximate surface area is 189 Å². The number of aryl methyl sites for hydroxylation is 2. The van der Waals surface area contributed by atoms with Crippen molar-refractivity contribution < 1.29 is 19.6 Å². The van der Waals surface area contributed by atoms with E-state index in [0.717, 1.165) is 11.6 Å². The first-order valence-electron chi connectivity index (χ1n) is 9.56. The van der Waals surface area contributed by atoms with Crippen LogP contribution in [0.25, 0.3) is 0 Å². The average molecular weight is 468 g/mol. The fraction of sp³-hybridized carbons (Fsp3) is 0.381. The van der Waals surface area contributed by atoms with Crippen LogP contribution in [0.1, 0.15) is 38.4 Å². The van der Waals surface area contributed by atoms with E-state index in [0.29, 0.717) is 39.1 Å². The van der Waals surface area contributed by atoms with Gasteiger partial charge in [-0.05, 0) is 37.3 Å². The first-order chi connectivity index (χ1) is 14.1. The van der Waals surface area contributed by atoms with Crippen LogP contribution in [0.3, 0.4) is 0 Å². The van der Waals surface area contributed by atoms with Gasteiger partial charge >= 0.3 is 0 Å². The summed E-state index contributed by atoms with van der Waals surface area (Å²) in [7, 11) is 4.03. The van der Waals surface area contributed by atoms with Gasteiger partial charge in [-0.3, -0.25) is 9.59 Å². The third kappa shape index (κ3) is 4.39. The molecule has 2 heterocycles. The Morgan fingerprint density at radius 1 is 1.27 bits per heavy atom. The number of Topliss-reactive ketones (excluding diaryl/α,β-unsaturated/α-hetero) is 1. The molecule has 1 atom stereocenters. The number of aromatic nitrogens is 1. The van der Waals surface area contributed by atoms with Crippen molar-refractivity contribution in [3.63, 3.8) is 0 Å². The van der Waals surface area contributed by atoms with Crippen molar-refractivity contribution in [3.05, 3.63) is 60.7 Å². The Morgan fingerprint density at radius 3 is 2.53 bits per heavy atom. The normalized spacial score (nSPS) is 16.8. The summed E-state index contributed by atoms with van der Waals surface area (Å²) in [6.45, 7) is 4.71. The monoisotopic (exact) mass is 467 g/mol. The van der Waals surface area contributed by atoms with Crippen molar-refractivity contribution in [2.24, 2.45) is 0 Å². The van der Waals surface area contributed by atoms with Crippen LogP contribution in [0.5, 0.6) is 0 Å². The van der Waals surface area contributed by atoms with E-state index in [1.807, 2.05) is 14.1 Å². The topological polar surface area (TPSA) is 77.8 Å². The van der Waals surface area contributed by atoms with Crippen LogP contribution in [-0.4, -0.2) is 48.8 Å². The van der Waals surface area contributed by atoms with Gasteiger partial charge in [0.15, 0.2) is 0 Å². The van der Waals surface area contributed by atoms with Crippen molar-refractivity contribution in [2.75, 3.05) is 27.2 Å². The Morgan fingerprint density at radius 2 is 1.97 bits per heavy atom. The van der Waals surface area contributed by atoms with Gasteiger partial charge in [-0.15, -0.1) is 11.3 Å². The second-order valence-electron chi connectivity index (χ2n) is 7.60. The molecule has 0 aliphatic carbocycles. The number of hydrogen-bond donors (Lipinski definition) is 1. The Balaban J connectivity index is 2.07. The minimum atomic E-state index is -0.800. The number of hydrogen-bond acceptors (Lipinski definition) is 5. The highest BCUT2D eigenvalue weighted by atomic mass is 35.5. The predicted molar refractivity (Wildman–Crippen MR) is 116 cm³/mol. The number of benzene rings is 1. The number of amides is 1. The van der Waals surface area contributed by atoms with Crippen LogP contribution in [0.2, 0.25) is 10.0 Å². The molecular weight excluding hydrogens is 445 g/mol. The number of carbonyl (C=O) groups is 2. The van der Waals surface area contributed by atoms with Crippen molar-refractivity contribution in [3.8, 4) is 0 Å². The van der Waals surface area contributed by atoms with Crippen molar-refractivity contribution >= 4 is 46.2 Å². The molecule has 30 heavy (non-hydrogen) atoms. The lowest BCUT2D eigenvalue weighted by Gasteiger charge is -2.28. The first-order valence-corrected chi connectivity index (χ1v) is 11.1. The molecule has 1 aromatic carbocycles. The van der Waals surface area contributed by atoms with E-state index in [9.17, 15) is 14.7 Å². The molecule has 0 spiro atoms. The number of rotatable bonds is 7. The van der Waals surface area contributed by atoms with E-state index < -0.39 is 23.5 Å². The van der Waals surface area contributed by atoms with Crippen molar-refractivity contribution in [1.29, 1.82) is 0 Å². The number of quaternary nitrogens is 1. The van der Waals surface area contributed by atoms with Crippen LogP contribution in [0.15, 0.2) is 29.5 Å². The van der Waals surface area contributed by atoms with Gasteiger partial charge in [0.1, 0.15) is 0 Å². The summed E-state index contributed by atoms with van der Waals surface area (Å²) in [6.07, 6.45) is 0.694. The number of nitrogens with one attached hydrogen (secondary N) is 1. The third-order valence-corrected chi connectivity index (χ3v) is 6.79. The van der Waals surface area contributed by atoms with Gasteiger partial charge in [-0.2, -0.15) is 0 Å². The highest BCUT2D eigenvalue weighted by Gasteiger charge is 2.40. The number of ketones is 1. The van der Waals surface area contributed by atoms with Crippen LogP contribution in [0.4, 0.5) is 0 Å². The highest BCUT2D eigenvalue weighted by molar-refractivity contribution is 7.14. The Hall–Kier alpha value is -1.93. The molecule has 0 bridgehead atoms. The number of halogens is 2. The molecule has 0 saturated carbocycles. The van der Waals surface area contributed by atoms with Crippen molar-refractivity contribution in [1.82, 2.24) is 9.88 Å². The minimum absolute atomic E-state index is 0.0534. The van der Waals surface area contributed by atoms with E-state index in [1.165, 1.54) is 21.1 Å². The van der Waals surface area contributed by atoms with E-state index in [1.54, 1.807) is 32.0 Å². The molecule has 2 aromatic rings. The van der Waals surface area contributed by atoms with Crippen LogP contribution in [0, 0.1) is 13.8 Å². The fourth-order valence-corrected chi connectivity index (χ4v) is 4.78. The second kappa shape index (κ2) is 9.06. The lowest BCUT2D eigenvalue weighted by Crippen LogP contribution is -3.05. The van der Waals surface area contributed by atoms with Gasteiger partial charge in [0.25, 0.3) is 0 Å². The Kier molecular flexibility index (Phi) is 6.87. The zero-order valence-corrected chi connectivity index (χ0v) is 19.5. The third-order valence-electron chi connectivity index (χ3n) is 4.97. The van der Waals surface area contributed by atoms with Gasteiger partial charge in [0.2, 0.25) is 11.7 Å². The first kappa shape index (κ1) is 22.7. The van der Waals surface area contributed by atoms with E-state index in [-0.39, 0.29) is 5.57 Å². The van der Waals surface area contributed by atoms with E-state index in [2.05, 4.69) is 4.98 Å². The molecule has 1 aromatic heterocycles. The molecule has 1 aliphatic rings. The maximum atomic E-state index is 13.4. The van der Waals surface area contributed by atoms with Crippen LogP contribution < -0.4 is 10.0 Å². The molecule has 0 radical (unpaired) electrons. The maximum absolute atomic E-state index is 13.4. The van der Waals surface area contributed by atoms with Crippen LogP contribution in [-0.2, 0) is 4.79 Å². The summed E-state index contributed by atoms with van der Waals surface area (Å²) < 4.78 is 0. The van der Waals surface area contributed by atoms with Gasteiger partial charge < -0.3 is 14.9 Å². The zero-order valence-electron chi connectivity index (χ0n) is 17.2. The van der Waals surface area contributed by atoms with Crippen molar-refractivity contribution in [2.45, 2.75) is 26.3 Å². The summed E-state index contributed by atoms with van der Waals surface area (Å²) in [6, 6.07) is 4.13. The lowest BCUT2D eigenvalue weighted by molar-refractivity contribution is -0.858. The molecule has 3 rings (SSSR count). The number of thiazole rings is 1. The smallest absolute Gasteiger partial charge is 0.239 e. The summed E-state index contributed by atoms with van der Waals surface area (Å²) in [5, 5.41) is 14.3. The maximum Gasteiger partial charge on any atom is 0.239 e. The summed E-state index contributed by atoms with van der Waals surface area (Å²) in [5.41, 5.74) is 1.09. The predicted octanol–water partition coefficient (Wildman–Crippen LogP) is 1.98. The standard InChI is InChI=1S/C21H23Cl2N3O3S/c1-11-20(30-12(2)24-11)18(27)16-17(13-6-7-14(22)15(23)10-13)26(21(29)19(16)28)9-5-8-25(3)4/h6-7,10,17,28H,5,8-9H2,1-4H3. The molecule has 1 unspecified atom stereocenters. The zero-order chi connectivity index (χ0) is 22.2. The van der Waals surface area contributed by atoms with Gasteiger partial charge in [0, 0.05) is 18.5 Å². The summed E-state index contributed by atoms with van der Waals surface area (Å²) in [5.74, 6) is -1.88. The molecule has 1 aliphatic heterocycles. The Bertz CT molecular complexity index is 1030. The molecular formula is C21H23Cl2N3O3S. The molecule has 1 amide bonds. The highest BCUT2D eigenvalue weighted by Crippen LogP contribution is 2.40. The van der Waals surface area contributed by atoms with E-state index >= 15 is 0 Å². The average Bonchev–Trinajstić information content (AvgIpc) is 3.14. The number of carbonyl (C=O) groups excluding carboxylic acids is 2. The fourth-order valence-electron chi connectivity index (χ4n) is 3.60. The second-order valence-corrected chi connectivity index (χ2v) is 9.62. The number of nitrogens with zero attached hydrogens (tertiary/aromatic N) is 2. The molecule has 6 nitrogen and oxygen atoms in total. The molecule has 0 saturated heterocycles. The van der Waals surface area contributed by atoms with Gasteiger partial charge in [-0.25, -0.2) is 4.98 Å². The minimum Gasteiger partial charge on any atom is -0.868 e. The largest absolute Gasteiger partial charge is 0.868 e. The quantitative estimate of drug-likeness (QED) is 0.631. The van der Waals surface area contributed by atoms with E-state index in [4.69, 9.17) is 23.2 Å². The summed E-state index contributed by atoms with van der Waals surface area (Å²) >= 11 is 13.5. The van der Waals surface area contributed by atoms with Crippen LogP contribution >= 0.6 is 34.5 Å². The lowest BCUT2D eigenvalue weighted by atomic mass is 9.95.